The van der Waals surface area contributed by atoms with Crippen LogP contribution in [0.2, 0.25) is 0 Å². The van der Waals surface area contributed by atoms with Gasteiger partial charge in [0.05, 0.1) is 19.7 Å². The van der Waals surface area contributed by atoms with Crippen LogP contribution in [0.5, 0.6) is 0 Å². The Kier molecular flexibility index (Phi) is 12.2. The van der Waals surface area contributed by atoms with E-state index in [-0.39, 0.29) is 62.8 Å². The van der Waals surface area contributed by atoms with Gasteiger partial charge in [-0.3, -0.25) is 14.4 Å². The first-order valence-corrected chi connectivity index (χ1v) is 14.4. The number of hydroxylamine groups is 2. The standard InChI is InChI=1S/C31H39N5O8/c1-6-42-30(41)44-36-18-16-35(17-19-36)29(40)24(14-15-26(38)43-31(3,4)5)34-28(39)25-20-23(13-12-21(2)37)32-27(33-25)22-10-8-7-9-11-22/h7-11,20-21,24,37H,6,14-19H2,1-5H3,(H,34,39)/t21-,24?/m0/s1. The smallest absolute Gasteiger partial charge is 0.460 e. The summed E-state index contributed by atoms with van der Waals surface area (Å²) in [7, 11) is 0. The van der Waals surface area contributed by atoms with Crippen molar-refractivity contribution in [2.75, 3.05) is 32.8 Å². The second kappa shape index (κ2) is 15.8. The van der Waals surface area contributed by atoms with E-state index in [0.29, 0.717) is 5.56 Å². The molecule has 2 atom stereocenters. The first kappa shape index (κ1) is 34.0. The quantitative estimate of drug-likeness (QED) is 0.317. The molecule has 3 rings (SSSR count). The normalized spacial score (nSPS) is 14.8. The number of hydrogen-bond acceptors (Lipinski definition) is 11. The lowest BCUT2D eigenvalue weighted by Crippen LogP contribution is -2.55. The molecule has 0 saturated carbocycles. The van der Waals surface area contributed by atoms with Crippen LogP contribution in [0.15, 0.2) is 36.4 Å². The number of benzene rings is 1. The molecule has 0 radical (unpaired) electrons. The van der Waals surface area contributed by atoms with Crippen molar-refractivity contribution in [3.63, 3.8) is 0 Å². The Hall–Kier alpha value is -4.54. The zero-order chi connectivity index (χ0) is 32.3. The lowest BCUT2D eigenvalue weighted by molar-refractivity contribution is -0.158. The summed E-state index contributed by atoms with van der Waals surface area (Å²) in [5.74, 6) is 4.00. The van der Waals surface area contributed by atoms with Gasteiger partial charge in [0.15, 0.2) is 5.82 Å². The maximum absolute atomic E-state index is 13.7. The largest absolute Gasteiger partial charge is 0.527 e. The fourth-order valence-corrected chi connectivity index (χ4v) is 4.14. The molecule has 1 saturated heterocycles. The summed E-state index contributed by atoms with van der Waals surface area (Å²) in [6.45, 7) is 9.44. The summed E-state index contributed by atoms with van der Waals surface area (Å²) in [6, 6.07) is 9.28. The summed E-state index contributed by atoms with van der Waals surface area (Å²) in [4.78, 5) is 66.9. The predicted molar refractivity (Wildman–Crippen MR) is 159 cm³/mol. The summed E-state index contributed by atoms with van der Waals surface area (Å²) < 4.78 is 10.2. The van der Waals surface area contributed by atoms with Crippen molar-refractivity contribution in [2.45, 2.75) is 65.2 Å². The average Bonchev–Trinajstić information content (AvgIpc) is 2.97. The Labute approximate surface area is 256 Å². The predicted octanol–water partition coefficient (Wildman–Crippen LogP) is 2.33. The van der Waals surface area contributed by atoms with Crippen LogP contribution < -0.4 is 5.32 Å². The third-order valence-electron chi connectivity index (χ3n) is 6.08. The van der Waals surface area contributed by atoms with E-state index >= 15 is 0 Å². The fraction of sp³-hybridized carbons (Fsp3) is 0.484. The van der Waals surface area contributed by atoms with Gasteiger partial charge in [-0.2, -0.15) is 0 Å². The highest BCUT2D eigenvalue weighted by Crippen LogP contribution is 2.17. The van der Waals surface area contributed by atoms with Gasteiger partial charge in [-0.15, -0.1) is 5.06 Å². The number of esters is 1. The number of carbonyl (C=O) groups is 4. The number of hydrogen-bond donors (Lipinski definition) is 2. The van der Waals surface area contributed by atoms with Crippen LogP contribution in [0.4, 0.5) is 4.79 Å². The molecule has 0 bridgehead atoms. The molecule has 13 heteroatoms. The van der Waals surface area contributed by atoms with Gasteiger partial charge in [0.2, 0.25) is 5.91 Å². The number of aliphatic hydroxyl groups is 1. The van der Waals surface area contributed by atoms with E-state index in [9.17, 15) is 24.3 Å². The van der Waals surface area contributed by atoms with Crippen LogP contribution in [0.1, 0.15) is 63.6 Å². The third-order valence-corrected chi connectivity index (χ3v) is 6.08. The zero-order valence-corrected chi connectivity index (χ0v) is 25.7. The Bertz CT molecular complexity index is 1370. The van der Waals surface area contributed by atoms with Crippen molar-refractivity contribution in [1.29, 1.82) is 0 Å². The number of ether oxygens (including phenoxy) is 2. The maximum atomic E-state index is 13.7. The van der Waals surface area contributed by atoms with Crippen LogP contribution in [0.25, 0.3) is 11.4 Å². The second-order valence-electron chi connectivity index (χ2n) is 11.0. The first-order chi connectivity index (χ1) is 20.8. The highest BCUT2D eigenvalue weighted by atomic mass is 16.8. The van der Waals surface area contributed by atoms with E-state index in [2.05, 4.69) is 27.1 Å². The zero-order valence-electron chi connectivity index (χ0n) is 25.7. The lowest BCUT2D eigenvalue weighted by Gasteiger charge is -2.35. The van der Waals surface area contributed by atoms with Crippen molar-refractivity contribution in [3.05, 3.63) is 47.8 Å². The van der Waals surface area contributed by atoms with Crippen molar-refractivity contribution in [3.8, 4) is 23.2 Å². The number of rotatable bonds is 9. The highest BCUT2D eigenvalue weighted by molar-refractivity contribution is 5.96. The van der Waals surface area contributed by atoms with Crippen LogP contribution >= 0.6 is 0 Å². The summed E-state index contributed by atoms with van der Waals surface area (Å²) >= 11 is 0. The molecule has 0 spiro atoms. The van der Waals surface area contributed by atoms with Crippen molar-refractivity contribution in [2.24, 2.45) is 0 Å². The Morgan fingerprint density at radius 1 is 1.07 bits per heavy atom. The average molecular weight is 610 g/mol. The molecule has 1 aromatic heterocycles. The van der Waals surface area contributed by atoms with Gasteiger partial charge in [-0.05, 0) is 47.0 Å². The summed E-state index contributed by atoms with van der Waals surface area (Å²) in [5.41, 5.74) is 0.0892. The molecule has 1 fully saturated rings. The number of amides is 2. The molecule has 2 N–H and O–H groups in total. The molecule has 0 aliphatic carbocycles. The number of carbonyl (C=O) groups excluding carboxylic acids is 4. The minimum atomic E-state index is -1.09. The van der Waals surface area contributed by atoms with Gasteiger partial charge < -0.3 is 29.6 Å². The summed E-state index contributed by atoms with van der Waals surface area (Å²) in [5, 5.41) is 13.8. The molecule has 1 aliphatic rings. The molecule has 2 aromatic rings. The van der Waals surface area contributed by atoms with E-state index < -0.39 is 41.7 Å². The first-order valence-electron chi connectivity index (χ1n) is 14.4. The number of nitrogens with zero attached hydrogens (tertiary/aromatic N) is 4. The Morgan fingerprint density at radius 2 is 1.75 bits per heavy atom. The Morgan fingerprint density at radius 3 is 2.36 bits per heavy atom. The molecular weight excluding hydrogens is 570 g/mol. The van der Waals surface area contributed by atoms with Gasteiger partial charge in [-0.1, -0.05) is 36.3 Å². The number of aromatic nitrogens is 2. The van der Waals surface area contributed by atoms with Crippen LogP contribution in [-0.4, -0.2) is 99.5 Å². The molecule has 2 amide bonds. The van der Waals surface area contributed by atoms with Crippen LogP contribution in [0, 0.1) is 11.8 Å². The van der Waals surface area contributed by atoms with E-state index in [1.165, 1.54) is 23.0 Å². The van der Waals surface area contributed by atoms with Crippen LogP contribution in [0.3, 0.4) is 0 Å². The topological polar surface area (TPSA) is 160 Å². The molecule has 1 aliphatic heterocycles. The van der Waals surface area contributed by atoms with Gasteiger partial charge in [0.25, 0.3) is 5.91 Å². The number of aliphatic hydroxyl groups excluding tert-OH is 1. The SMILES string of the molecule is CCOC(=O)ON1CCN(C(=O)C(CCC(=O)OC(C)(C)C)NC(=O)c2cc(C#C[C@H](C)O)nc(-c3ccccc3)n2)CC1. The molecule has 1 aromatic carbocycles. The van der Waals surface area contributed by atoms with Gasteiger partial charge in [0, 0.05) is 31.1 Å². The second-order valence-corrected chi connectivity index (χ2v) is 11.0. The molecule has 236 valence electrons. The van der Waals surface area contributed by atoms with Crippen molar-refractivity contribution in [1.82, 2.24) is 25.2 Å². The van der Waals surface area contributed by atoms with E-state index in [4.69, 9.17) is 14.3 Å². The van der Waals surface area contributed by atoms with Gasteiger partial charge in [0.1, 0.15) is 29.1 Å². The van der Waals surface area contributed by atoms with Gasteiger partial charge in [-0.25, -0.2) is 14.8 Å². The van der Waals surface area contributed by atoms with Gasteiger partial charge >= 0.3 is 12.1 Å². The molecule has 13 nitrogen and oxygen atoms in total. The minimum Gasteiger partial charge on any atom is -0.460 e. The number of piperazine rings is 1. The van der Waals surface area contributed by atoms with Crippen molar-refractivity contribution < 1.29 is 38.6 Å². The van der Waals surface area contributed by atoms with Crippen LogP contribution in [-0.2, 0) is 23.9 Å². The van der Waals surface area contributed by atoms with E-state index in [1.807, 2.05) is 6.07 Å². The fourth-order valence-electron chi connectivity index (χ4n) is 4.14. The monoisotopic (exact) mass is 609 g/mol. The van der Waals surface area contributed by atoms with Crippen molar-refractivity contribution >= 4 is 23.9 Å². The van der Waals surface area contributed by atoms with E-state index in [1.54, 1.807) is 52.0 Å². The molecular formula is C31H39N5O8. The minimum absolute atomic E-state index is 0.0235. The summed E-state index contributed by atoms with van der Waals surface area (Å²) in [6.07, 6.45) is -1.89. The number of nitrogens with one attached hydrogen (secondary N) is 1. The molecule has 1 unspecified atom stereocenters. The maximum Gasteiger partial charge on any atom is 0.527 e. The van der Waals surface area contributed by atoms with E-state index in [0.717, 1.165) is 0 Å². The molecule has 44 heavy (non-hydrogen) atoms. The Balaban J connectivity index is 1.83. The lowest BCUT2D eigenvalue weighted by atomic mass is 10.1. The highest BCUT2D eigenvalue weighted by Gasteiger charge is 2.31. The third kappa shape index (κ3) is 10.9. The molecule has 2 heterocycles.